The van der Waals surface area contributed by atoms with E-state index in [2.05, 4.69) is 29.2 Å². The van der Waals surface area contributed by atoms with E-state index in [-0.39, 0.29) is 5.91 Å². The summed E-state index contributed by atoms with van der Waals surface area (Å²) in [5.74, 6) is 2.09. The third-order valence-electron chi connectivity index (χ3n) is 6.65. The highest BCUT2D eigenvalue weighted by Crippen LogP contribution is 2.36. The van der Waals surface area contributed by atoms with Crippen molar-refractivity contribution in [2.24, 2.45) is 0 Å². The summed E-state index contributed by atoms with van der Waals surface area (Å²) in [6, 6.07) is 24.4. The summed E-state index contributed by atoms with van der Waals surface area (Å²) in [6.45, 7) is 1.50. The van der Waals surface area contributed by atoms with Crippen LogP contribution in [-0.2, 0) is 0 Å². The van der Waals surface area contributed by atoms with E-state index < -0.39 is 0 Å². The zero-order valence-electron chi connectivity index (χ0n) is 19.0. The van der Waals surface area contributed by atoms with Gasteiger partial charge < -0.3 is 19.4 Å². The molecule has 0 radical (unpaired) electrons. The molecule has 1 aromatic heterocycles. The SMILES string of the molecule is COc1ccc(-c2c(C(=O)N3CCC(c4ccccc4)CC3)[nH]c3cc(OC)ccc23)cc1. The summed E-state index contributed by atoms with van der Waals surface area (Å²) >= 11 is 0. The number of fused-ring (bicyclic) bond motifs is 1. The monoisotopic (exact) mass is 440 g/mol. The van der Waals surface area contributed by atoms with E-state index in [1.54, 1.807) is 14.2 Å². The third-order valence-corrected chi connectivity index (χ3v) is 6.65. The first-order chi connectivity index (χ1) is 16.2. The highest BCUT2D eigenvalue weighted by atomic mass is 16.5. The Bertz CT molecular complexity index is 1250. The molecule has 5 rings (SSSR count). The number of carbonyl (C=O) groups excluding carboxylic acids is 1. The van der Waals surface area contributed by atoms with Crippen LogP contribution in [-0.4, -0.2) is 43.1 Å². The average Bonchev–Trinajstić information content (AvgIpc) is 3.27. The number of hydrogen-bond acceptors (Lipinski definition) is 3. The van der Waals surface area contributed by atoms with Crippen molar-refractivity contribution >= 4 is 16.8 Å². The Kier molecular flexibility index (Phi) is 5.78. The fourth-order valence-electron chi connectivity index (χ4n) is 4.82. The van der Waals surface area contributed by atoms with Crippen LogP contribution in [0.1, 0.15) is 34.8 Å². The molecule has 5 heteroatoms. The number of aromatic nitrogens is 1. The average molecular weight is 441 g/mol. The highest BCUT2D eigenvalue weighted by Gasteiger charge is 2.28. The van der Waals surface area contributed by atoms with Gasteiger partial charge in [-0.05, 0) is 54.2 Å². The normalized spacial score (nSPS) is 14.4. The summed E-state index contributed by atoms with van der Waals surface area (Å²) in [6.07, 6.45) is 1.95. The topological polar surface area (TPSA) is 54.6 Å². The van der Waals surface area contributed by atoms with Crippen LogP contribution in [0.3, 0.4) is 0 Å². The molecule has 1 amide bonds. The number of nitrogens with one attached hydrogen (secondary N) is 1. The van der Waals surface area contributed by atoms with Crippen LogP contribution < -0.4 is 9.47 Å². The molecule has 33 heavy (non-hydrogen) atoms. The van der Waals surface area contributed by atoms with E-state index in [1.165, 1.54) is 5.56 Å². The van der Waals surface area contributed by atoms with E-state index in [0.717, 1.165) is 59.5 Å². The highest BCUT2D eigenvalue weighted by molar-refractivity contribution is 6.10. The van der Waals surface area contributed by atoms with Crippen molar-refractivity contribution in [1.29, 1.82) is 0 Å². The van der Waals surface area contributed by atoms with E-state index in [1.807, 2.05) is 53.4 Å². The fourth-order valence-corrected chi connectivity index (χ4v) is 4.82. The molecule has 0 unspecified atom stereocenters. The molecule has 1 aliphatic rings. The van der Waals surface area contributed by atoms with Crippen LogP contribution in [0.25, 0.3) is 22.0 Å². The van der Waals surface area contributed by atoms with E-state index >= 15 is 0 Å². The molecule has 0 spiro atoms. The number of aromatic amines is 1. The lowest BCUT2D eigenvalue weighted by Gasteiger charge is -2.32. The second-order valence-electron chi connectivity index (χ2n) is 8.49. The smallest absolute Gasteiger partial charge is 0.270 e. The largest absolute Gasteiger partial charge is 0.497 e. The van der Waals surface area contributed by atoms with Gasteiger partial charge in [0.05, 0.1) is 19.7 Å². The number of H-pyrrole nitrogens is 1. The summed E-state index contributed by atoms with van der Waals surface area (Å²) in [5.41, 5.74) is 4.78. The number of benzene rings is 3. The number of methoxy groups -OCH3 is 2. The van der Waals surface area contributed by atoms with Gasteiger partial charge in [-0.2, -0.15) is 0 Å². The Hall–Kier alpha value is -3.73. The lowest BCUT2D eigenvalue weighted by molar-refractivity contribution is 0.0709. The first-order valence-electron chi connectivity index (χ1n) is 11.4. The maximum atomic E-state index is 13.7. The molecule has 5 nitrogen and oxygen atoms in total. The van der Waals surface area contributed by atoms with Crippen molar-refractivity contribution in [3.63, 3.8) is 0 Å². The zero-order valence-corrected chi connectivity index (χ0v) is 19.0. The van der Waals surface area contributed by atoms with E-state index in [0.29, 0.717) is 11.6 Å². The molecule has 3 aromatic carbocycles. The Morgan fingerprint density at radius 2 is 1.55 bits per heavy atom. The maximum Gasteiger partial charge on any atom is 0.270 e. The lowest BCUT2D eigenvalue weighted by Crippen LogP contribution is -2.38. The molecule has 0 aliphatic carbocycles. The van der Waals surface area contributed by atoms with Crippen LogP contribution in [0.15, 0.2) is 72.8 Å². The third kappa shape index (κ3) is 4.07. The van der Waals surface area contributed by atoms with Crippen LogP contribution in [0.5, 0.6) is 11.5 Å². The standard InChI is InChI=1S/C28H28N2O3/c1-32-22-10-8-21(9-11-22)26-24-13-12-23(33-2)18-25(24)29-27(26)28(31)30-16-14-20(15-17-30)19-6-4-3-5-7-19/h3-13,18,20,29H,14-17H2,1-2H3. The van der Waals surface area contributed by atoms with Gasteiger partial charge in [-0.25, -0.2) is 0 Å². The number of piperidine rings is 1. The van der Waals surface area contributed by atoms with Crippen molar-refractivity contribution in [2.75, 3.05) is 27.3 Å². The Balaban J connectivity index is 1.48. The second-order valence-corrected chi connectivity index (χ2v) is 8.49. The van der Waals surface area contributed by atoms with Crippen LogP contribution in [0.2, 0.25) is 0 Å². The Labute approximate surface area is 193 Å². The van der Waals surface area contributed by atoms with Gasteiger partial charge in [0.2, 0.25) is 0 Å². The minimum Gasteiger partial charge on any atom is -0.497 e. The quantitative estimate of drug-likeness (QED) is 0.422. The van der Waals surface area contributed by atoms with Gasteiger partial charge in [0.25, 0.3) is 5.91 Å². The first kappa shape index (κ1) is 21.1. The number of likely N-dealkylation sites (tertiary alicyclic amines) is 1. The minimum absolute atomic E-state index is 0.0440. The van der Waals surface area contributed by atoms with Gasteiger partial charge in [-0.15, -0.1) is 0 Å². The predicted molar refractivity (Wildman–Crippen MR) is 131 cm³/mol. The molecule has 2 heterocycles. The van der Waals surface area contributed by atoms with E-state index in [9.17, 15) is 4.79 Å². The summed E-state index contributed by atoms with van der Waals surface area (Å²) < 4.78 is 10.7. The Morgan fingerprint density at radius 3 is 2.21 bits per heavy atom. The maximum absolute atomic E-state index is 13.7. The molecule has 0 bridgehead atoms. The molecular weight excluding hydrogens is 412 g/mol. The number of ether oxygens (including phenoxy) is 2. The summed E-state index contributed by atoms with van der Waals surface area (Å²) in [7, 11) is 3.30. The minimum atomic E-state index is 0.0440. The number of rotatable bonds is 5. The van der Waals surface area contributed by atoms with Crippen molar-refractivity contribution in [3.05, 3.63) is 84.1 Å². The molecule has 1 aliphatic heterocycles. The van der Waals surface area contributed by atoms with Crippen LogP contribution in [0, 0.1) is 0 Å². The molecule has 1 fully saturated rings. The van der Waals surface area contributed by atoms with Crippen molar-refractivity contribution < 1.29 is 14.3 Å². The number of hydrogen-bond donors (Lipinski definition) is 1. The zero-order chi connectivity index (χ0) is 22.8. The molecule has 4 aromatic rings. The van der Waals surface area contributed by atoms with Gasteiger partial charge >= 0.3 is 0 Å². The van der Waals surface area contributed by atoms with Crippen LogP contribution in [0.4, 0.5) is 0 Å². The molecule has 1 N–H and O–H groups in total. The van der Waals surface area contributed by atoms with Crippen LogP contribution >= 0.6 is 0 Å². The van der Waals surface area contributed by atoms with Gasteiger partial charge in [0, 0.05) is 30.1 Å². The lowest BCUT2D eigenvalue weighted by atomic mass is 9.89. The summed E-state index contributed by atoms with van der Waals surface area (Å²) in [5, 5.41) is 1.00. The van der Waals surface area contributed by atoms with Gasteiger partial charge in [-0.1, -0.05) is 42.5 Å². The fraction of sp³-hybridized carbons (Fsp3) is 0.250. The van der Waals surface area contributed by atoms with Gasteiger partial charge in [0.1, 0.15) is 17.2 Å². The van der Waals surface area contributed by atoms with Crippen molar-refractivity contribution in [2.45, 2.75) is 18.8 Å². The molecule has 168 valence electrons. The molecule has 1 saturated heterocycles. The van der Waals surface area contributed by atoms with Gasteiger partial charge in [0.15, 0.2) is 0 Å². The predicted octanol–water partition coefficient (Wildman–Crippen LogP) is 5.87. The van der Waals surface area contributed by atoms with Gasteiger partial charge in [-0.3, -0.25) is 4.79 Å². The number of carbonyl (C=O) groups is 1. The Morgan fingerprint density at radius 1 is 0.879 bits per heavy atom. The van der Waals surface area contributed by atoms with Crippen molar-refractivity contribution in [3.8, 4) is 22.6 Å². The van der Waals surface area contributed by atoms with Crippen molar-refractivity contribution in [1.82, 2.24) is 9.88 Å². The molecular formula is C28H28N2O3. The first-order valence-corrected chi connectivity index (χ1v) is 11.4. The molecule has 0 atom stereocenters. The van der Waals surface area contributed by atoms with E-state index in [4.69, 9.17) is 9.47 Å². The number of amides is 1. The summed E-state index contributed by atoms with van der Waals surface area (Å²) in [4.78, 5) is 19.1. The second kappa shape index (κ2) is 9.02. The number of nitrogens with zero attached hydrogens (tertiary/aromatic N) is 1. The molecule has 0 saturated carbocycles.